The van der Waals surface area contributed by atoms with Crippen molar-refractivity contribution >= 4 is 17.2 Å². The van der Waals surface area contributed by atoms with E-state index in [9.17, 15) is 10.1 Å². The maximum atomic E-state index is 11.3. The van der Waals surface area contributed by atoms with Crippen LogP contribution in [0.5, 0.6) is 0 Å². The maximum absolute atomic E-state index is 11.3. The molecule has 0 aliphatic heterocycles. The molecule has 0 saturated carbocycles. The summed E-state index contributed by atoms with van der Waals surface area (Å²) in [6.45, 7) is 2.08. The lowest BCUT2D eigenvalue weighted by Gasteiger charge is -2.18. The van der Waals surface area contributed by atoms with Gasteiger partial charge in [-0.05, 0) is 78.3 Å². The predicted octanol–water partition coefficient (Wildman–Crippen LogP) is 6.63. The van der Waals surface area contributed by atoms with E-state index in [1.165, 1.54) is 16.0 Å². The predicted molar refractivity (Wildman–Crippen MR) is 138 cm³/mol. The SMILES string of the molecule is Cc1ccccc1-c1cc(C(CCCCc2ccc(C(N)=O)cc2)c2cncs2)ccc1C#N. The molecule has 5 heteroatoms. The summed E-state index contributed by atoms with van der Waals surface area (Å²) < 4.78 is 0. The molecule has 0 bridgehead atoms. The van der Waals surface area contributed by atoms with Gasteiger partial charge in [-0.15, -0.1) is 11.3 Å². The van der Waals surface area contributed by atoms with Crippen molar-refractivity contribution in [2.45, 2.75) is 38.5 Å². The number of carbonyl (C=O) groups is 1. The highest BCUT2D eigenvalue weighted by Gasteiger charge is 2.18. The van der Waals surface area contributed by atoms with Crippen molar-refractivity contribution in [2.75, 3.05) is 0 Å². The largest absolute Gasteiger partial charge is 0.366 e. The summed E-state index contributed by atoms with van der Waals surface area (Å²) in [6, 6.07) is 24.4. The van der Waals surface area contributed by atoms with Crippen LogP contribution in [0.2, 0.25) is 0 Å². The van der Waals surface area contributed by atoms with E-state index >= 15 is 0 Å². The first-order valence-corrected chi connectivity index (χ1v) is 12.3. The number of primary amides is 1. The van der Waals surface area contributed by atoms with Gasteiger partial charge in [0, 0.05) is 22.6 Å². The van der Waals surface area contributed by atoms with Crippen LogP contribution in [-0.2, 0) is 6.42 Å². The fourth-order valence-electron chi connectivity index (χ4n) is 4.36. The number of benzene rings is 3. The molecule has 1 atom stereocenters. The topological polar surface area (TPSA) is 79.8 Å². The molecule has 0 radical (unpaired) electrons. The Balaban J connectivity index is 1.53. The smallest absolute Gasteiger partial charge is 0.248 e. The molecule has 3 aromatic carbocycles. The van der Waals surface area contributed by atoms with Crippen LogP contribution in [0.4, 0.5) is 0 Å². The number of nitrogens with two attached hydrogens (primary N) is 1. The van der Waals surface area contributed by atoms with Gasteiger partial charge in [-0.2, -0.15) is 5.26 Å². The Morgan fingerprint density at radius 3 is 2.53 bits per heavy atom. The lowest BCUT2D eigenvalue weighted by Crippen LogP contribution is -2.10. The van der Waals surface area contributed by atoms with Crippen LogP contribution in [0.25, 0.3) is 11.1 Å². The van der Waals surface area contributed by atoms with Crippen molar-refractivity contribution in [1.82, 2.24) is 4.98 Å². The van der Waals surface area contributed by atoms with Crippen LogP contribution in [0.1, 0.15) is 62.7 Å². The quantitative estimate of drug-likeness (QED) is 0.282. The first-order valence-electron chi connectivity index (χ1n) is 11.4. The molecule has 34 heavy (non-hydrogen) atoms. The van der Waals surface area contributed by atoms with Gasteiger partial charge in [-0.1, -0.05) is 48.9 Å². The van der Waals surface area contributed by atoms with E-state index in [2.05, 4.69) is 42.2 Å². The van der Waals surface area contributed by atoms with E-state index < -0.39 is 5.91 Å². The summed E-state index contributed by atoms with van der Waals surface area (Å²) in [5.74, 6) is -0.160. The fraction of sp³-hybridized carbons (Fsp3) is 0.207. The van der Waals surface area contributed by atoms with Gasteiger partial charge < -0.3 is 5.73 Å². The standard InChI is InChI=1S/C29H27N3OS/c1-20-6-2-4-8-25(20)27-16-23(14-15-24(27)17-30)26(28-18-32-19-34-28)9-5-3-7-21-10-12-22(13-11-21)29(31)33/h2,4,6,8,10-16,18-19,26H,3,5,7,9H2,1H3,(H2,31,33). The highest BCUT2D eigenvalue weighted by Crippen LogP contribution is 2.36. The van der Waals surface area contributed by atoms with Crippen LogP contribution >= 0.6 is 11.3 Å². The zero-order chi connectivity index (χ0) is 23.9. The second-order valence-electron chi connectivity index (χ2n) is 8.50. The van der Waals surface area contributed by atoms with Crippen molar-refractivity contribution in [2.24, 2.45) is 5.73 Å². The van der Waals surface area contributed by atoms with Gasteiger partial charge >= 0.3 is 0 Å². The van der Waals surface area contributed by atoms with E-state index in [-0.39, 0.29) is 5.92 Å². The summed E-state index contributed by atoms with van der Waals surface area (Å²) in [6.07, 6.45) is 6.02. The lowest BCUT2D eigenvalue weighted by atomic mass is 9.87. The van der Waals surface area contributed by atoms with Crippen LogP contribution in [0, 0.1) is 18.3 Å². The van der Waals surface area contributed by atoms with Crippen LogP contribution in [-0.4, -0.2) is 10.9 Å². The maximum Gasteiger partial charge on any atom is 0.248 e. The molecule has 0 saturated heterocycles. The number of amides is 1. The van der Waals surface area contributed by atoms with Gasteiger partial charge in [0.05, 0.1) is 17.1 Å². The van der Waals surface area contributed by atoms with Crippen molar-refractivity contribution in [3.63, 3.8) is 0 Å². The monoisotopic (exact) mass is 465 g/mol. The number of nitrogens with zero attached hydrogens (tertiary/aromatic N) is 2. The molecule has 1 aromatic heterocycles. The highest BCUT2D eigenvalue weighted by molar-refractivity contribution is 7.09. The number of aromatic nitrogens is 1. The number of thiazole rings is 1. The Labute approximate surface area is 204 Å². The Bertz CT molecular complexity index is 1300. The zero-order valence-corrected chi connectivity index (χ0v) is 20.0. The minimum Gasteiger partial charge on any atom is -0.366 e. The van der Waals surface area contributed by atoms with Crippen LogP contribution < -0.4 is 5.73 Å². The van der Waals surface area contributed by atoms with E-state index in [4.69, 9.17) is 5.73 Å². The molecule has 2 N–H and O–H groups in total. The number of carbonyl (C=O) groups excluding carboxylic acids is 1. The second kappa shape index (κ2) is 10.9. The molecule has 1 amide bonds. The molecule has 1 unspecified atom stereocenters. The average Bonchev–Trinajstić information content (AvgIpc) is 3.39. The minimum absolute atomic E-state index is 0.236. The number of unbranched alkanes of at least 4 members (excludes halogenated alkanes) is 1. The van der Waals surface area contributed by atoms with E-state index in [0.29, 0.717) is 11.1 Å². The summed E-state index contributed by atoms with van der Waals surface area (Å²) in [7, 11) is 0. The summed E-state index contributed by atoms with van der Waals surface area (Å²) in [5, 5.41) is 9.73. The van der Waals surface area contributed by atoms with Gasteiger partial charge in [-0.25, -0.2) is 0 Å². The van der Waals surface area contributed by atoms with Crippen LogP contribution in [0.3, 0.4) is 0 Å². The third-order valence-corrected chi connectivity index (χ3v) is 7.13. The third-order valence-electron chi connectivity index (χ3n) is 6.24. The molecule has 0 aliphatic rings. The molecular formula is C29H27N3OS. The van der Waals surface area contributed by atoms with Gasteiger partial charge in [0.2, 0.25) is 5.91 Å². The summed E-state index contributed by atoms with van der Waals surface area (Å²) in [4.78, 5) is 16.8. The van der Waals surface area contributed by atoms with Gasteiger partial charge in [0.15, 0.2) is 0 Å². The molecule has 0 fully saturated rings. The molecular weight excluding hydrogens is 438 g/mol. The number of rotatable bonds is 9. The summed E-state index contributed by atoms with van der Waals surface area (Å²) >= 11 is 1.68. The van der Waals surface area contributed by atoms with E-state index in [0.717, 1.165) is 42.4 Å². The molecule has 1 heterocycles. The normalized spacial score (nSPS) is 11.6. The van der Waals surface area contributed by atoms with Gasteiger partial charge in [0.25, 0.3) is 0 Å². The number of nitriles is 1. The zero-order valence-electron chi connectivity index (χ0n) is 19.2. The Kier molecular flexibility index (Phi) is 7.51. The Hall–Kier alpha value is -3.75. The average molecular weight is 466 g/mol. The molecule has 0 aliphatic carbocycles. The first kappa shape index (κ1) is 23.4. The molecule has 170 valence electrons. The van der Waals surface area contributed by atoms with Gasteiger partial charge in [0.1, 0.15) is 0 Å². The molecule has 4 aromatic rings. The van der Waals surface area contributed by atoms with E-state index in [1.807, 2.05) is 42.0 Å². The molecule has 0 spiro atoms. The van der Waals surface area contributed by atoms with Crippen molar-refractivity contribution < 1.29 is 4.79 Å². The fourth-order valence-corrected chi connectivity index (χ4v) is 5.14. The van der Waals surface area contributed by atoms with Crippen molar-refractivity contribution in [3.05, 3.63) is 111 Å². The third kappa shape index (κ3) is 5.41. The first-order chi connectivity index (χ1) is 16.6. The second-order valence-corrected chi connectivity index (χ2v) is 9.41. The Morgan fingerprint density at radius 1 is 1.06 bits per heavy atom. The Morgan fingerprint density at radius 2 is 1.85 bits per heavy atom. The highest BCUT2D eigenvalue weighted by atomic mass is 32.1. The lowest BCUT2D eigenvalue weighted by molar-refractivity contribution is 0.100. The van der Waals surface area contributed by atoms with Crippen molar-refractivity contribution in [3.8, 4) is 17.2 Å². The molecule has 4 rings (SSSR count). The van der Waals surface area contributed by atoms with Crippen molar-refractivity contribution in [1.29, 1.82) is 5.26 Å². The summed E-state index contributed by atoms with van der Waals surface area (Å²) in [5.41, 5.74) is 14.1. The van der Waals surface area contributed by atoms with E-state index in [1.54, 1.807) is 23.5 Å². The number of aryl methyl sites for hydroxylation is 2. The minimum atomic E-state index is -0.397. The molecule has 4 nitrogen and oxygen atoms in total. The number of hydrogen-bond donors (Lipinski definition) is 1. The van der Waals surface area contributed by atoms with Gasteiger partial charge in [-0.3, -0.25) is 9.78 Å². The number of hydrogen-bond acceptors (Lipinski definition) is 4. The van der Waals surface area contributed by atoms with Crippen LogP contribution in [0.15, 0.2) is 78.4 Å².